The van der Waals surface area contributed by atoms with Crippen molar-refractivity contribution in [1.29, 1.82) is 0 Å². The molecule has 0 bridgehead atoms. The number of alkyl halides is 1. The van der Waals surface area contributed by atoms with E-state index in [0.29, 0.717) is 17.5 Å². The van der Waals surface area contributed by atoms with Crippen molar-refractivity contribution in [3.8, 4) is 0 Å². The van der Waals surface area contributed by atoms with Crippen molar-refractivity contribution in [1.82, 2.24) is 0 Å². The second kappa shape index (κ2) is 2.91. The third-order valence-electron chi connectivity index (χ3n) is 2.94. The lowest BCUT2D eigenvalue weighted by atomic mass is 9.97. The second-order valence-electron chi connectivity index (χ2n) is 4.13. The van der Waals surface area contributed by atoms with Gasteiger partial charge in [-0.05, 0) is 43.9 Å². The lowest BCUT2D eigenvalue weighted by Gasteiger charge is -2.14. The van der Waals surface area contributed by atoms with Gasteiger partial charge in [0.1, 0.15) is 5.67 Å². The molecule has 0 heterocycles. The highest BCUT2D eigenvalue weighted by molar-refractivity contribution is 5.94. The molecule has 0 fully saturated rings. The van der Waals surface area contributed by atoms with Crippen LogP contribution in [0.1, 0.15) is 41.8 Å². The number of hydrogen-bond donors (Lipinski definition) is 0. The molecule has 2 rings (SSSR count). The fourth-order valence-electron chi connectivity index (χ4n) is 2.00. The van der Waals surface area contributed by atoms with Crippen molar-refractivity contribution >= 4 is 5.78 Å². The highest BCUT2D eigenvalue weighted by Crippen LogP contribution is 2.40. The summed E-state index contributed by atoms with van der Waals surface area (Å²) < 4.78 is 13.9. The van der Waals surface area contributed by atoms with Crippen LogP contribution in [0.2, 0.25) is 0 Å². The van der Waals surface area contributed by atoms with Crippen molar-refractivity contribution < 1.29 is 9.18 Å². The van der Waals surface area contributed by atoms with E-state index in [4.69, 9.17) is 0 Å². The summed E-state index contributed by atoms with van der Waals surface area (Å²) in [5, 5.41) is 0. The van der Waals surface area contributed by atoms with Crippen molar-refractivity contribution in [3.05, 3.63) is 34.9 Å². The van der Waals surface area contributed by atoms with Crippen LogP contribution >= 0.6 is 0 Å². The van der Waals surface area contributed by atoms with E-state index in [-0.39, 0.29) is 5.78 Å². The van der Waals surface area contributed by atoms with Crippen molar-refractivity contribution in [2.24, 2.45) is 0 Å². The molecular weight excluding hydrogens is 179 g/mol. The minimum absolute atomic E-state index is 0.00417. The molecule has 14 heavy (non-hydrogen) atoms. The molecule has 1 aromatic carbocycles. The van der Waals surface area contributed by atoms with Crippen LogP contribution in [0, 0.1) is 0 Å². The Morgan fingerprint density at radius 2 is 2.21 bits per heavy atom. The summed E-state index contributed by atoms with van der Waals surface area (Å²) in [5.41, 5.74) is 1.10. The van der Waals surface area contributed by atoms with E-state index >= 15 is 0 Å². The summed E-state index contributed by atoms with van der Waals surface area (Å²) in [5.74, 6) is -0.00417. The number of aryl methyl sites for hydroxylation is 1. The van der Waals surface area contributed by atoms with E-state index in [1.807, 2.05) is 6.07 Å². The molecule has 1 atom stereocenters. The predicted molar refractivity (Wildman–Crippen MR) is 53.2 cm³/mol. The zero-order valence-electron chi connectivity index (χ0n) is 8.43. The Bertz CT molecular complexity index is 393. The van der Waals surface area contributed by atoms with Gasteiger partial charge in [-0.2, -0.15) is 0 Å². The zero-order chi connectivity index (χ0) is 10.3. The molecule has 0 aliphatic heterocycles. The van der Waals surface area contributed by atoms with E-state index < -0.39 is 5.67 Å². The maximum atomic E-state index is 13.9. The Balaban J connectivity index is 2.53. The molecule has 0 aromatic heterocycles. The molecule has 0 saturated heterocycles. The van der Waals surface area contributed by atoms with Crippen molar-refractivity contribution in [3.63, 3.8) is 0 Å². The first kappa shape index (κ1) is 9.38. The van der Waals surface area contributed by atoms with Gasteiger partial charge in [-0.3, -0.25) is 4.79 Å². The van der Waals surface area contributed by atoms with E-state index in [9.17, 15) is 9.18 Å². The number of ketones is 1. The number of halogens is 1. The first-order chi connectivity index (χ1) is 6.50. The summed E-state index contributed by atoms with van der Waals surface area (Å²) in [6.07, 6.45) is 1.31. The Labute approximate surface area is 82.9 Å². The Kier molecular flexibility index (Phi) is 1.95. The van der Waals surface area contributed by atoms with Gasteiger partial charge in [0.25, 0.3) is 0 Å². The van der Waals surface area contributed by atoms with Gasteiger partial charge in [-0.25, -0.2) is 4.39 Å². The van der Waals surface area contributed by atoms with Crippen LogP contribution in [0.5, 0.6) is 0 Å². The SMILES string of the molecule is CC(=O)c1ccc2c(c1)C(C)(F)CC2. The van der Waals surface area contributed by atoms with Gasteiger partial charge in [-0.15, -0.1) is 0 Å². The lowest BCUT2D eigenvalue weighted by Crippen LogP contribution is -2.10. The van der Waals surface area contributed by atoms with E-state index in [1.54, 1.807) is 19.1 Å². The number of rotatable bonds is 1. The summed E-state index contributed by atoms with van der Waals surface area (Å²) in [6.45, 7) is 3.09. The number of hydrogen-bond acceptors (Lipinski definition) is 1. The topological polar surface area (TPSA) is 17.1 Å². The quantitative estimate of drug-likeness (QED) is 0.625. The highest BCUT2D eigenvalue weighted by atomic mass is 19.1. The fourth-order valence-corrected chi connectivity index (χ4v) is 2.00. The van der Waals surface area contributed by atoms with Gasteiger partial charge in [-0.1, -0.05) is 12.1 Å². The largest absolute Gasteiger partial charge is 0.295 e. The van der Waals surface area contributed by atoms with Gasteiger partial charge in [0.15, 0.2) is 5.78 Å². The van der Waals surface area contributed by atoms with Crippen LogP contribution in [-0.4, -0.2) is 5.78 Å². The number of carbonyl (C=O) groups excluding carboxylic acids is 1. The van der Waals surface area contributed by atoms with Crippen LogP contribution in [0.3, 0.4) is 0 Å². The monoisotopic (exact) mass is 192 g/mol. The highest BCUT2D eigenvalue weighted by Gasteiger charge is 2.34. The van der Waals surface area contributed by atoms with Gasteiger partial charge >= 0.3 is 0 Å². The third-order valence-corrected chi connectivity index (χ3v) is 2.94. The van der Waals surface area contributed by atoms with Gasteiger partial charge in [0.2, 0.25) is 0 Å². The number of carbonyl (C=O) groups is 1. The van der Waals surface area contributed by atoms with Gasteiger partial charge in [0, 0.05) is 5.56 Å². The normalized spacial score (nSPS) is 24.8. The fraction of sp³-hybridized carbons (Fsp3) is 0.417. The molecule has 2 heteroatoms. The summed E-state index contributed by atoms with van der Waals surface area (Å²) in [7, 11) is 0. The van der Waals surface area contributed by atoms with Crippen LogP contribution in [0.4, 0.5) is 4.39 Å². The van der Waals surface area contributed by atoms with E-state index in [1.165, 1.54) is 6.92 Å². The first-order valence-corrected chi connectivity index (χ1v) is 4.84. The third kappa shape index (κ3) is 1.35. The molecule has 0 N–H and O–H groups in total. The lowest BCUT2D eigenvalue weighted by molar-refractivity contribution is 0.101. The summed E-state index contributed by atoms with van der Waals surface area (Å²) in [4.78, 5) is 11.1. The Morgan fingerprint density at radius 1 is 1.50 bits per heavy atom. The number of fused-ring (bicyclic) bond motifs is 1. The molecule has 1 aliphatic carbocycles. The zero-order valence-corrected chi connectivity index (χ0v) is 8.43. The standard InChI is InChI=1S/C12H13FO/c1-8(14)10-4-3-9-5-6-12(2,13)11(9)7-10/h3-4,7H,5-6H2,1-2H3. The van der Waals surface area contributed by atoms with E-state index in [0.717, 1.165) is 12.0 Å². The average Bonchev–Trinajstić information content (AvgIpc) is 2.42. The number of benzene rings is 1. The van der Waals surface area contributed by atoms with Crippen LogP contribution in [0.25, 0.3) is 0 Å². The Morgan fingerprint density at radius 3 is 2.86 bits per heavy atom. The van der Waals surface area contributed by atoms with Gasteiger partial charge < -0.3 is 0 Å². The molecular formula is C12H13FO. The molecule has 1 unspecified atom stereocenters. The molecule has 0 spiro atoms. The van der Waals surface area contributed by atoms with Crippen LogP contribution < -0.4 is 0 Å². The van der Waals surface area contributed by atoms with Crippen LogP contribution in [-0.2, 0) is 12.1 Å². The van der Waals surface area contributed by atoms with Crippen molar-refractivity contribution in [2.45, 2.75) is 32.4 Å². The molecule has 0 amide bonds. The average molecular weight is 192 g/mol. The van der Waals surface area contributed by atoms with Crippen molar-refractivity contribution in [2.75, 3.05) is 0 Å². The predicted octanol–water partition coefficient (Wildman–Crippen LogP) is 3.02. The van der Waals surface area contributed by atoms with Crippen LogP contribution in [0.15, 0.2) is 18.2 Å². The summed E-state index contributed by atoms with van der Waals surface area (Å²) >= 11 is 0. The molecule has 1 aromatic rings. The smallest absolute Gasteiger partial charge is 0.159 e. The minimum atomic E-state index is -1.25. The molecule has 1 aliphatic rings. The van der Waals surface area contributed by atoms with Gasteiger partial charge in [0.05, 0.1) is 0 Å². The molecule has 74 valence electrons. The molecule has 0 radical (unpaired) electrons. The second-order valence-corrected chi connectivity index (χ2v) is 4.13. The summed E-state index contributed by atoms with van der Waals surface area (Å²) in [6, 6.07) is 5.35. The molecule has 1 nitrogen and oxygen atoms in total. The maximum Gasteiger partial charge on any atom is 0.159 e. The maximum absolute atomic E-state index is 13.9. The molecule has 0 saturated carbocycles. The Hall–Kier alpha value is -1.18. The first-order valence-electron chi connectivity index (χ1n) is 4.84. The number of Topliss-reactive ketones (excluding diaryl/α,β-unsaturated/α-hetero) is 1. The van der Waals surface area contributed by atoms with E-state index in [2.05, 4.69) is 0 Å². The minimum Gasteiger partial charge on any atom is -0.295 e.